The van der Waals surface area contributed by atoms with Gasteiger partial charge >= 0.3 is 0 Å². The maximum Gasteiger partial charge on any atom is 0.264 e. The number of rotatable bonds is 5. The van der Waals surface area contributed by atoms with Crippen molar-refractivity contribution in [3.63, 3.8) is 0 Å². The normalized spacial score (nSPS) is 14.5. The largest absolute Gasteiger partial charge is 0.497 e. The SMILES string of the molecule is COc1ccc(CCC(=O)N2CCCN(C(=O)c3sc4ccc(F)cc4c3C)CC2)cc1. The Labute approximate surface area is 191 Å². The number of hydrogen-bond acceptors (Lipinski definition) is 4. The maximum absolute atomic E-state index is 13.6. The Morgan fingerprint density at radius 1 is 1.03 bits per heavy atom. The van der Waals surface area contributed by atoms with Gasteiger partial charge in [0.15, 0.2) is 0 Å². The standard InChI is InChI=1S/C25H27FN2O3S/c1-17-21-16-19(26)7-10-22(21)32-24(17)25(30)28-13-3-12-27(14-15-28)23(29)11-6-18-4-8-20(31-2)9-5-18/h4-5,7-10,16H,3,6,11-15H2,1-2H3. The molecule has 3 aromatic rings. The molecular weight excluding hydrogens is 427 g/mol. The van der Waals surface area contributed by atoms with Crippen molar-refractivity contribution in [1.29, 1.82) is 0 Å². The third-order valence-electron chi connectivity index (χ3n) is 6.01. The fourth-order valence-corrected chi connectivity index (χ4v) is 5.27. The number of carbonyl (C=O) groups excluding carboxylic acids is 2. The number of benzene rings is 2. The summed E-state index contributed by atoms with van der Waals surface area (Å²) in [5, 5.41) is 0.795. The van der Waals surface area contributed by atoms with Gasteiger partial charge in [-0.1, -0.05) is 12.1 Å². The monoisotopic (exact) mass is 454 g/mol. The van der Waals surface area contributed by atoms with Crippen LogP contribution in [-0.4, -0.2) is 54.9 Å². The molecule has 5 nitrogen and oxygen atoms in total. The average Bonchev–Trinajstić information content (AvgIpc) is 2.98. The summed E-state index contributed by atoms with van der Waals surface area (Å²) in [7, 11) is 1.63. The molecule has 4 rings (SSSR count). The molecule has 1 aliphatic rings. The summed E-state index contributed by atoms with van der Waals surface area (Å²) in [4.78, 5) is 30.3. The van der Waals surface area contributed by atoms with E-state index in [-0.39, 0.29) is 17.6 Å². The summed E-state index contributed by atoms with van der Waals surface area (Å²) in [6.07, 6.45) is 1.87. The molecule has 0 aliphatic carbocycles. The van der Waals surface area contributed by atoms with E-state index in [0.717, 1.165) is 33.4 Å². The molecule has 2 heterocycles. The van der Waals surface area contributed by atoms with Crippen LogP contribution in [0.25, 0.3) is 10.1 Å². The quantitative estimate of drug-likeness (QED) is 0.563. The van der Waals surface area contributed by atoms with Gasteiger partial charge in [-0.15, -0.1) is 11.3 Å². The number of halogens is 1. The molecule has 0 unspecified atom stereocenters. The molecule has 0 saturated carbocycles. The molecule has 0 atom stereocenters. The number of ether oxygens (including phenoxy) is 1. The first-order chi connectivity index (χ1) is 15.5. The van der Waals surface area contributed by atoms with Gasteiger partial charge in [0.25, 0.3) is 5.91 Å². The highest BCUT2D eigenvalue weighted by Crippen LogP contribution is 2.32. The van der Waals surface area contributed by atoms with Crippen molar-refractivity contribution in [2.45, 2.75) is 26.2 Å². The minimum atomic E-state index is -0.295. The highest BCUT2D eigenvalue weighted by atomic mass is 32.1. The van der Waals surface area contributed by atoms with E-state index in [1.165, 1.54) is 23.5 Å². The van der Waals surface area contributed by atoms with E-state index in [0.29, 0.717) is 43.9 Å². The first-order valence-corrected chi connectivity index (χ1v) is 11.7. The molecule has 168 valence electrons. The van der Waals surface area contributed by atoms with Crippen LogP contribution in [-0.2, 0) is 11.2 Å². The fourth-order valence-electron chi connectivity index (χ4n) is 4.11. The average molecular weight is 455 g/mol. The lowest BCUT2D eigenvalue weighted by Crippen LogP contribution is -2.37. The Morgan fingerprint density at radius 3 is 2.50 bits per heavy atom. The van der Waals surface area contributed by atoms with Crippen LogP contribution in [0.5, 0.6) is 5.75 Å². The lowest BCUT2D eigenvalue weighted by atomic mass is 10.1. The molecular formula is C25H27FN2O3S. The minimum Gasteiger partial charge on any atom is -0.497 e. The number of aryl methyl sites for hydroxylation is 2. The Balaban J connectivity index is 1.36. The first kappa shape index (κ1) is 22.3. The summed E-state index contributed by atoms with van der Waals surface area (Å²) in [6.45, 7) is 4.18. The summed E-state index contributed by atoms with van der Waals surface area (Å²) in [5.74, 6) is 0.590. The molecule has 2 amide bonds. The second-order valence-corrected chi connectivity index (χ2v) is 9.12. The van der Waals surface area contributed by atoms with Crippen LogP contribution in [0.4, 0.5) is 4.39 Å². The Bertz CT molecular complexity index is 1130. The zero-order chi connectivity index (χ0) is 22.7. The van der Waals surface area contributed by atoms with E-state index >= 15 is 0 Å². The van der Waals surface area contributed by atoms with Crippen LogP contribution in [0.2, 0.25) is 0 Å². The topological polar surface area (TPSA) is 49.9 Å². The van der Waals surface area contributed by atoms with Gasteiger partial charge < -0.3 is 14.5 Å². The Morgan fingerprint density at radius 2 is 1.75 bits per heavy atom. The van der Waals surface area contributed by atoms with Crippen LogP contribution in [0.3, 0.4) is 0 Å². The van der Waals surface area contributed by atoms with Crippen LogP contribution in [0.15, 0.2) is 42.5 Å². The van der Waals surface area contributed by atoms with E-state index in [9.17, 15) is 14.0 Å². The third kappa shape index (κ3) is 4.78. The van der Waals surface area contributed by atoms with Crippen LogP contribution in [0.1, 0.15) is 33.6 Å². The maximum atomic E-state index is 13.6. The summed E-state index contributed by atoms with van der Waals surface area (Å²) < 4.78 is 19.7. The smallest absolute Gasteiger partial charge is 0.264 e. The second kappa shape index (κ2) is 9.69. The van der Waals surface area contributed by atoms with Gasteiger partial charge in [-0.3, -0.25) is 9.59 Å². The number of hydrogen-bond donors (Lipinski definition) is 0. The van der Waals surface area contributed by atoms with Crippen molar-refractivity contribution in [2.75, 3.05) is 33.3 Å². The van der Waals surface area contributed by atoms with Crippen molar-refractivity contribution >= 4 is 33.2 Å². The van der Waals surface area contributed by atoms with E-state index in [1.54, 1.807) is 13.2 Å². The number of fused-ring (bicyclic) bond motifs is 1. The van der Waals surface area contributed by atoms with Crippen molar-refractivity contribution in [1.82, 2.24) is 9.80 Å². The van der Waals surface area contributed by atoms with Gasteiger partial charge in [0.2, 0.25) is 5.91 Å². The summed E-state index contributed by atoms with van der Waals surface area (Å²) in [6, 6.07) is 12.4. The number of methoxy groups -OCH3 is 1. The molecule has 1 aliphatic heterocycles. The highest BCUT2D eigenvalue weighted by Gasteiger charge is 2.25. The van der Waals surface area contributed by atoms with Gasteiger partial charge in [-0.25, -0.2) is 4.39 Å². The molecule has 0 bridgehead atoms. The molecule has 0 radical (unpaired) electrons. The third-order valence-corrected chi connectivity index (χ3v) is 7.28. The highest BCUT2D eigenvalue weighted by molar-refractivity contribution is 7.21. The van der Waals surface area contributed by atoms with Crippen LogP contribution < -0.4 is 4.74 Å². The van der Waals surface area contributed by atoms with Gasteiger partial charge in [-0.2, -0.15) is 0 Å². The zero-order valence-corrected chi connectivity index (χ0v) is 19.2. The first-order valence-electron chi connectivity index (χ1n) is 10.8. The molecule has 1 fully saturated rings. The van der Waals surface area contributed by atoms with Gasteiger partial charge in [0.1, 0.15) is 11.6 Å². The number of nitrogens with zero attached hydrogens (tertiary/aromatic N) is 2. The predicted molar refractivity (Wildman–Crippen MR) is 125 cm³/mol. The fraction of sp³-hybridized carbons (Fsp3) is 0.360. The second-order valence-electron chi connectivity index (χ2n) is 8.07. The Hall–Kier alpha value is -2.93. The molecule has 2 aromatic carbocycles. The van der Waals surface area contributed by atoms with Crippen molar-refractivity contribution in [3.8, 4) is 5.75 Å². The molecule has 7 heteroatoms. The van der Waals surface area contributed by atoms with Gasteiger partial charge in [0, 0.05) is 37.3 Å². The van der Waals surface area contributed by atoms with E-state index < -0.39 is 0 Å². The van der Waals surface area contributed by atoms with Crippen LogP contribution >= 0.6 is 11.3 Å². The van der Waals surface area contributed by atoms with Gasteiger partial charge in [0.05, 0.1) is 12.0 Å². The van der Waals surface area contributed by atoms with Crippen LogP contribution in [0, 0.1) is 12.7 Å². The number of carbonyl (C=O) groups is 2. The lowest BCUT2D eigenvalue weighted by Gasteiger charge is -2.22. The molecule has 32 heavy (non-hydrogen) atoms. The van der Waals surface area contributed by atoms with Crippen molar-refractivity contribution < 1.29 is 18.7 Å². The Kier molecular flexibility index (Phi) is 6.74. The van der Waals surface area contributed by atoms with Gasteiger partial charge in [-0.05, 0) is 66.6 Å². The molecule has 0 N–H and O–H groups in total. The van der Waals surface area contributed by atoms with E-state index in [1.807, 2.05) is 41.0 Å². The molecule has 0 spiro atoms. The van der Waals surface area contributed by atoms with Crippen molar-refractivity contribution in [3.05, 3.63) is 64.3 Å². The van der Waals surface area contributed by atoms with E-state index in [4.69, 9.17) is 4.74 Å². The lowest BCUT2D eigenvalue weighted by molar-refractivity contribution is -0.131. The molecule has 1 aromatic heterocycles. The van der Waals surface area contributed by atoms with Crippen molar-refractivity contribution in [2.24, 2.45) is 0 Å². The predicted octanol–water partition coefficient (Wildman–Crippen LogP) is 4.66. The summed E-state index contributed by atoms with van der Waals surface area (Å²) in [5.41, 5.74) is 1.92. The molecule has 1 saturated heterocycles. The number of thiophene rings is 1. The minimum absolute atomic E-state index is 0.0309. The number of amides is 2. The summed E-state index contributed by atoms with van der Waals surface area (Å²) >= 11 is 1.41. The zero-order valence-electron chi connectivity index (χ0n) is 18.4. The van der Waals surface area contributed by atoms with E-state index in [2.05, 4.69) is 0 Å².